The van der Waals surface area contributed by atoms with Crippen LogP contribution in [0, 0.1) is 0 Å². The number of hydrogen-bond donors (Lipinski definition) is 0. The summed E-state index contributed by atoms with van der Waals surface area (Å²) in [5, 5.41) is 0.629. The van der Waals surface area contributed by atoms with Gasteiger partial charge in [-0.15, -0.1) is 0 Å². The number of halogens is 1. The molecule has 0 saturated carbocycles. The van der Waals surface area contributed by atoms with Gasteiger partial charge >= 0.3 is 0 Å². The molecule has 3 rings (SSSR count). The van der Waals surface area contributed by atoms with Gasteiger partial charge in [-0.05, 0) is 18.6 Å². The van der Waals surface area contributed by atoms with E-state index in [0.717, 1.165) is 18.7 Å². The molecule has 0 aromatic heterocycles. The molecule has 142 valence electrons. The van der Waals surface area contributed by atoms with E-state index in [2.05, 4.69) is 4.90 Å². The van der Waals surface area contributed by atoms with E-state index in [4.69, 9.17) is 16.3 Å². The second-order valence-corrected chi connectivity index (χ2v) is 7.35. The molecule has 0 bridgehead atoms. The van der Waals surface area contributed by atoms with Crippen LogP contribution in [0.4, 0.5) is 0 Å². The molecule has 2 fully saturated rings. The van der Waals surface area contributed by atoms with Crippen LogP contribution >= 0.6 is 11.6 Å². The third kappa shape index (κ3) is 4.96. The summed E-state index contributed by atoms with van der Waals surface area (Å²) in [6.45, 7) is 7.08. The minimum absolute atomic E-state index is 0.0890. The van der Waals surface area contributed by atoms with Gasteiger partial charge < -0.3 is 14.5 Å². The van der Waals surface area contributed by atoms with E-state index in [9.17, 15) is 9.59 Å². The lowest BCUT2D eigenvalue weighted by molar-refractivity contribution is -0.140. The minimum atomic E-state index is 0.0890. The summed E-state index contributed by atoms with van der Waals surface area (Å²) in [7, 11) is 0. The topological polar surface area (TPSA) is 53.1 Å². The van der Waals surface area contributed by atoms with Crippen LogP contribution in [0.5, 0.6) is 0 Å². The Morgan fingerprint density at radius 3 is 2.50 bits per heavy atom. The van der Waals surface area contributed by atoms with Crippen molar-refractivity contribution in [1.82, 2.24) is 14.7 Å². The van der Waals surface area contributed by atoms with Gasteiger partial charge in [-0.3, -0.25) is 14.5 Å². The van der Waals surface area contributed by atoms with Crippen LogP contribution in [-0.4, -0.2) is 85.0 Å². The first-order chi connectivity index (χ1) is 12.5. The second kappa shape index (κ2) is 8.84. The highest BCUT2D eigenvalue weighted by atomic mass is 35.5. The Bertz CT molecular complexity index is 647. The molecule has 2 aliphatic rings. The van der Waals surface area contributed by atoms with Crippen LogP contribution in [0.1, 0.15) is 12.5 Å². The van der Waals surface area contributed by atoms with Crippen molar-refractivity contribution in [3.63, 3.8) is 0 Å². The van der Waals surface area contributed by atoms with Gasteiger partial charge in [-0.2, -0.15) is 0 Å². The first-order valence-corrected chi connectivity index (χ1v) is 9.53. The number of rotatable bonds is 4. The van der Waals surface area contributed by atoms with Crippen molar-refractivity contribution >= 4 is 23.4 Å². The van der Waals surface area contributed by atoms with Crippen molar-refractivity contribution in [2.75, 3.05) is 52.4 Å². The summed E-state index contributed by atoms with van der Waals surface area (Å²) in [5.41, 5.74) is 0.859. The Hall–Kier alpha value is -1.63. The van der Waals surface area contributed by atoms with E-state index >= 15 is 0 Å². The van der Waals surface area contributed by atoms with E-state index in [-0.39, 0.29) is 17.9 Å². The summed E-state index contributed by atoms with van der Waals surface area (Å²) in [6, 6.07) is 7.45. The van der Waals surface area contributed by atoms with Gasteiger partial charge in [0.2, 0.25) is 11.8 Å². The zero-order valence-corrected chi connectivity index (χ0v) is 16.0. The Labute approximate surface area is 159 Å². The zero-order valence-electron chi connectivity index (χ0n) is 15.2. The van der Waals surface area contributed by atoms with Crippen LogP contribution < -0.4 is 0 Å². The fraction of sp³-hybridized carbons (Fsp3) is 0.579. The molecule has 0 radical (unpaired) electrons. The van der Waals surface area contributed by atoms with Crippen LogP contribution in [0.15, 0.2) is 24.3 Å². The molecule has 1 atom stereocenters. The van der Waals surface area contributed by atoms with Gasteiger partial charge in [0.15, 0.2) is 0 Å². The number of nitrogens with zero attached hydrogens (tertiary/aromatic N) is 3. The predicted molar refractivity (Wildman–Crippen MR) is 100 cm³/mol. The van der Waals surface area contributed by atoms with Crippen molar-refractivity contribution in [3.8, 4) is 0 Å². The number of benzene rings is 1. The normalized spacial score (nSPS) is 21.7. The number of ether oxygens (including phenoxy) is 1. The molecular weight excluding hydrogens is 354 g/mol. The predicted octanol–water partition coefficient (Wildman–Crippen LogP) is 1.27. The molecule has 2 aliphatic heterocycles. The Kier molecular flexibility index (Phi) is 6.51. The Balaban J connectivity index is 1.44. The van der Waals surface area contributed by atoms with Gasteiger partial charge in [0.25, 0.3) is 0 Å². The first kappa shape index (κ1) is 19.1. The lowest BCUT2D eigenvalue weighted by Crippen LogP contribution is -2.53. The van der Waals surface area contributed by atoms with E-state index in [1.807, 2.05) is 34.9 Å². The highest BCUT2D eigenvalue weighted by Crippen LogP contribution is 2.17. The smallest absolute Gasteiger partial charge is 0.236 e. The number of piperazine rings is 1. The highest BCUT2D eigenvalue weighted by molar-refractivity contribution is 6.31. The maximum atomic E-state index is 12.5. The lowest BCUT2D eigenvalue weighted by atomic mass is 10.1. The molecule has 0 spiro atoms. The van der Waals surface area contributed by atoms with Crippen LogP contribution in [0.25, 0.3) is 0 Å². The first-order valence-electron chi connectivity index (χ1n) is 9.16. The van der Waals surface area contributed by atoms with Crippen molar-refractivity contribution in [2.24, 2.45) is 0 Å². The van der Waals surface area contributed by atoms with Crippen LogP contribution in [0.2, 0.25) is 5.02 Å². The maximum absolute atomic E-state index is 12.5. The van der Waals surface area contributed by atoms with Crippen LogP contribution in [0.3, 0.4) is 0 Å². The largest absolute Gasteiger partial charge is 0.375 e. The van der Waals surface area contributed by atoms with Crippen molar-refractivity contribution in [3.05, 3.63) is 34.9 Å². The molecule has 0 N–H and O–H groups in total. The number of carbonyl (C=O) groups is 2. The number of morpholine rings is 1. The third-order valence-electron chi connectivity index (χ3n) is 4.98. The average Bonchev–Trinajstić information content (AvgIpc) is 2.64. The standard InChI is InChI=1S/C19H26ClN3O3/c1-15-13-23(10-11-26-15)19(25)14-21-6-8-22(9-7-21)18(24)12-16-4-2-3-5-17(16)20/h2-5,15H,6-14H2,1H3. The molecule has 6 nitrogen and oxygen atoms in total. The average molecular weight is 380 g/mol. The van der Waals surface area contributed by atoms with Gasteiger partial charge in [-0.1, -0.05) is 29.8 Å². The van der Waals surface area contributed by atoms with Gasteiger partial charge in [0, 0.05) is 44.3 Å². The molecule has 1 aromatic rings. The monoisotopic (exact) mass is 379 g/mol. The molecule has 1 aromatic carbocycles. The van der Waals surface area contributed by atoms with Gasteiger partial charge in [0.1, 0.15) is 0 Å². The molecule has 7 heteroatoms. The maximum Gasteiger partial charge on any atom is 0.236 e. The molecule has 2 heterocycles. The summed E-state index contributed by atoms with van der Waals surface area (Å²) in [6.07, 6.45) is 0.427. The molecule has 2 amide bonds. The summed E-state index contributed by atoms with van der Waals surface area (Å²) < 4.78 is 5.48. The van der Waals surface area contributed by atoms with E-state index in [1.54, 1.807) is 6.07 Å². The number of carbonyl (C=O) groups excluding carboxylic acids is 2. The molecular formula is C19H26ClN3O3. The fourth-order valence-corrected chi connectivity index (χ4v) is 3.61. The lowest BCUT2D eigenvalue weighted by Gasteiger charge is -2.37. The van der Waals surface area contributed by atoms with Gasteiger partial charge in [0.05, 0.1) is 25.7 Å². The summed E-state index contributed by atoms with van der Waals surface area (Å²) >= 11 is 6.14. The third-order valence-corrected chi connectivity index (χ3v) is 5.35. The molecule has 0 aliphatic carbocycles. The van der Waals surface area contributed by atoms with Crippen LogP contribution in [-0.2, 0) is 20.7 Å². The Morgan fingerprint density at radius 1 is 1.08 bits per heavy atom. The SMILES string of the molecule is CC1CN(C(=O)CN2CCN(C(=O)Cc3ccccc3Cl)CC2)CCO1. The summed E-state index contributed by atoms with van der Waals surface area (Å²) in [5.74, 6) is 0.238. The van der Waals surface area contributed by atoms with E-state index in [0.29, 0.717) is 50.8 Å². The Morgan fingerprint density at radius 2 is 1.81 bits per heavy atom. The fourth-order valence-electron chi connectivity index (χ4n) is 3.41. The van der Waals surface area contributed by atoms with Crippen molar-refractivity contribution in [1.29, 1.82) is 0 Å². The van der Waals surface area contributed by atoms with E-state index in [1.165, 1.54) is 0 Å². The number of amides is 2. The van der Waals surface area contributed by atoms with Gasteiger partial charge in [-0.25, -0.2) is 0 Å². The summed E-state index contributed by atoms with van der Waals surface area (Å²) in [4.78, 5) is 30.8. The highest BCUT2D eigenvalue weighted by Gasteiger charge is 2.26. The van der Waals surface area contributed by atoms with Crippen molar-refractivity contribution < 1.29 is 14.3 Å². The molecule has 1 unspecified atom stereocenters. The van der Waals surface area contributed by atoms with Crippen molar-refractivity contribution in [2.45, 2.75) is 19.4 Å². The number of hydrogen-bond acceptors (Lipinski definition) is 4. The zero-order chi connectivity index (χ0) is 18.5. The molecule has 26 heavy (non-hydrogen) atoms. The quantitative estimate of drug-likeness (QED) is 0.790. The van der Waals surface area contributed by atoms with E-state index < -0.39 is 0 Å². The minimum Gasteiger partial charge on any atom is -0.375 e. The molecule has 2 saturated heterocycles. The second-order valence-electron chi connectivity index (χ2n) is 6.95.